The zero-order valence-corrected chi connectivity index (χ0v) is 8.86. The third-order valence-corrected chi connectivity index (χ3v) is 3.47. The second-order valence-electron chi connectivity index (χ2n) is 4.49. The fraction of sp³-hybridized carbons (Fsp3) is 0.545. The summed E-state index contributed by atoms with van der Waals surface area (Å²) in [5, 5.41) is 7.67. The molecule has 3 unspecified atom stereocenters. The summed E-state index contributed by atoms with van der Waals surface area (Å²) in [5.41, 5.74) is 2.41. The highest BCUT2D eigenvalue weighted by atomic mass is 19.3. The Morgan fingerprint density at radius 3 is 2.56 bits per heavy atom. The average Bonchev–Trinajstić information content (AvgIpc) is 2.92. The third-order valence-electron chi connectivity index (χ3n) is 3.47. The number of hydrogen-bond acceptors (Lipinski definition) is 2. The van der Waals surface area contributed by atoms with Crippen molar-refractivity contribution >= 4 is 5.71 Å². The highest BCUT2D eigenvalue weighted by molar-refractivity contribution is 6.11. The first-order valence-corrected chi connectivity index (χ1v) is 5.03. The van der Waals surface area contributed by atoms with Crippen LogP contribution in [0.2, 0.25) is 0 Å². The maximum atomic E-state index is 14.5. The highest BCUT2D eigenvalue weighted by Gasteiger charge is 2.66. The lowest BCUT2D eigenvalue weighted by Gasteiger charge is -2.23. The predicted molar refractivity (Wildman–Crippen MR) is 55.2 cm³/mol. The second kappa shape index (κ2) is 3.12. The molecule has 16 heavy (non-hydrogen) atoms. The van der Waals surface area contributed by atoms with E-state index < -0.39 is 29.4 Å². The van der Waals surface area contributed by atoms with E-state index in [4.69, 9.17) is 11.1 Å². The van der Waals surface area contributed by atoms with Crippen LogP contribution in [0.15, 0.2) is 23.4 Å². The van der Waals surface area contributed by atoms with Gasteiger partial charge in [-0.15, -0.1) is 0 Å². The number of rotatable bonds is 2. The van der Waals surface area contributed by atoms with Gasteiger partial charge in [0.25, 0.3) is 6.43 Å². The summed E-state index contributed by atoms with van der Waals surface area (Å²) < 4.78 is 39.4. The number of alkyl halides is 3. The van der Waals surface area contributed by atoms with Crippen LogP contribution in [-0.4, -0.2) is 17.8 Å². The monoisotopic (exact) mass is 230 g/mol. The van der Waals surface area contributed by atoms with Crippen molar-refractivity contribution < 1.29 is 13.2 Å². The Balaban J connectivity index is 2.47. The normalized spacial score (nSPS) is 39.9. The Bertz CT molecular complexity index is 413. The van der Waals surface area contributed by atoms with E-state index in [0.717, 1.165) is 0 Å². The summed E-state index contributed by atoms with van der Waals surface area (Å²) >= 11 is 0. The molecular formula is C11H13F3N2. The fourth-order valence-electron chi connectivity index (χ4n) is 2.53. The van der Waals surface area contributed by atoms with Crippen LogP contribution in [-0.2, 0) is 0 Å². The summed E-state index contributed by atoms with van der Waals surface area (Å²) in [7, 11) is 0. The van der Waals surface area contributed by atoms with Gasteiger partial charge in [0.1, 0.15) is 0 Å². The molecule has 0 radical (unpaired) electrons. The molecule has 0 bridgehead atoms. The topological polar surface area (TPSA) is 49.9 Å². The van der Waals surface area contributed by atoms with Gasteiger partial charge >= 0.3 is 0 Å². The smallest absolute Gasteiger partial charge is 0.278 e. The molecule has 88 valence electrons. The van der Waals surface area contributed by atoms with Gasteiger partial charge < -0.3 is 11.1 Å². The number of allylic oxidation sites excluding steroid dienone is 3. The van der Waals surface area contributed by atoms with E-state index in [1.165, 1.54) is 6.92 Å². The first-order chi connectivity index (χ1) is 7.31. The molecule has 0 aromatic rings. The van der Waals surface area contributed by atoms with Crippen LogP contribution in [0.3, 0.4) is 0 Å². The van der Waals surface area contributed by atoms with E-state index in [1.54, 1.807) is 0 Å². The zero-order chi connectivity index (χ0) is 12.2. The van der Waals surface area contributed by atoms with E-state index in [-0.39, 0.29) is 17.1 Å². The van der Waals surface area contributed by atoms with Crippen molar-refractivity contribution in [3.63, 3.8) is 0 Å². The van der Waals surface area contributed by atoms with Gasteiger partial charge in [0.2, 0.25) is 0 Å². The van der Waals surface area contributed by atoms with Gasteiger partial charge in [-0.05, 0) is 24.8 Å². The van der Waals surface area contributed by atoms with Crippen LogP contribution in [0.4, 0.5) is 13.2 Å². The zero-order valence-electron chi connectivity index (χ0n) is 8.86. The molecule has 2 fully saturated rings. The number of fused-ring (bicyclic) bond motifs is 1. The summed E-state index contributed by atoms with van der Waals surface area (Å²) in [6.45, 7) is 4.99. The van der Waals surface area contributed by atoms with Crippen LogP contribution in [0.25, 0.3) is 0 Å². The fourth-order valence-corrected chi connectivity index (χ4v) is 2.53. The van der Waals surface area contributed by atoms with E-state index in [9.17, 15) is 13.2 Å². The van der Waals surface area contributed by atoms with Gasteiger partial charge in [0, 0.05) is 11.5 Å². The Morgan fingerprint density at radius 1 is 1.62 bits per heavy atom. The van der Waals surface area contributed by atoms with E-state index in [1.807, 2.05) is 0 Å². The molecule has 0 amide bonds. The average molecular weight is 230 g/mol. The molecule has 5 heteroatoms. The Kier molecular flexibility index (Phi) is 2.19. The molecule has 2 rings (SSSR count). The minimum atomic E-state index is -2.83. The summed E-state index contributed by atoms with van der Waals surface area (Å²) in [4.78, 5) is 0. The van der Waals surface area contributed by atoms with Crippen molar-refractivity contribution in [1.29, 1.82) is 5.41 Å². The molecule has 2 aliphatic carbocycles. The Morgan fingerprint density at radius 2 is 2.19 bits per heavy atom. The quantitative estimate of drug-likeness (QED) is 0.703. The molecule has 0 heterocycles. The second-order valence-corrected chi connectivity index (χ2v) is 4.49. The number of nitrogens with one attached hydrogen (secondary N) is 1. The first kappa shape index (κ1) is 11.2. The van der Waals surface area contributed by atoms with Gasteiger partial charge in [-0.25, -0.2) is 13.2 Å². The molecule has 2 nitrogen and oxygen atoms in total. The molecule has 2 aliphatic rings. The van der Waals surface area contributed by atoms with Crippen molar-refractivity contribution in [3.8, 4) is 0 Å². The predicted octanol–water partition coefficient (Wildman–Crippen LogP) is 2.42. The lowest BCUT2D eigenvalue weighted by Crippen LogP contribution is -2.34. The van der Waals surface area contributed by atoms with Gasteiger partial charge in [0.15, 0.2) is 5.67 Å². The highest BCUT2D eigenvalue weighted by Crippen LogP contribution is 2.62. The van der Waals surface area contributed by atoms with Crippen molar-refractivity contribution in [1.82, 2.24) is 0 Å². The van der Waals surface area contributed by atoms with Crippen LogP contribution < -0.4 is 5.73 Å². The minimum Gasteiger partial charge on any atom is -0.397 e. The standard InChI is InChI=1S/C11H13F3N2/c1-4(2)11(14)6-3-5(6)7(9(11)16)8(15)10(12)13/h5-6,10,16H,1,3,15H2,2H3. The van der Waals surface area contributed by atoms with E-state index in [2.05, 4.69) is 6.58 Å². The van der Waals surface area contributed by atoms with Crippen LogP contribution in [0.1, 0.15) is 13.3 Å². The largest absolute Gasteiger partial charge is 0.397 e. The first-order valence-electron chi connectivity index (χ1n) is 5.03. The van der Waals surface area contributed by atoms with Crippen LogP contribution in [0.5, 0.6) is 0 Å². The van der Waals surface area contributed by atoms with Crippen LogP contribution in [0, 0.1) is 17.2 Å². The van der Waals surface area contributed by atoms with Gasteiger partial charge in [-0.1, -0.05) is 6.58 Å². The SMILES string of the molecule is C=C(C)C1(F)C(=N)C(=C(N)C(F)F)C2CC21. The summed E-state index contributed by atoms with van der Waals surface area (Å²) in [5.74, 6) is -0.729. The molecule has 0 aliphatic heterocycles. The van der Waals surface area contributed by atoms with Crippen molar-refractivity contribution in [2.75, 3.05) is 0 Å². The molecule has 0 aromatic carbocycles. The van der Waals surface area contributed by atoms with Crippen molar-refractivity contribution in [3.05, 3.63) is 23.4 Å². The van der Waals surface area contributed by atoms with E-state index in [0.29, 0.717) is 6.42 Å². The maximum Gasteiger partial charge on any atom is 0.278 e. The summed E-state index contributed by atoms with van der Waals surface area (Å²) in [6.07, 6.45) is -2.35. The molecule has 0 spiro atoms. The molecule has 0 aromatic heterocycles. The molecule has 2 saturated carbocycles. The molecular weight excluding hydrogens is 217 g/mol. The van der Waals surface area contributed by atoms with Gasteiger partial charge in [-0.3, -0.25) is 0 Å². The molecule has 0 saturated heterocycles. The number of halogens is 3. The molecule has 3 N–H and O–H groups in total. The van der Waals surface area contributed by atoms with E-state index >= 15 is 0 Å². The van der Waals surface area contributed by atoms with Gasteiger partial charge in [0.05, 0.1) is 11.4 Å². The maximum absolute atomic E-state index is 14.5. The lowest BCUT2D eigenvalue weighted by molar-refractivity contribution is 0.186. The number of nitrogens with two attached hydrogens (primary N) is 1. The van der Waals surface area contributed by atoms with Crippen LogP contribution >= 0.6 is 0 Å². The van der Waals surface area contributed by atoms with Crippen molar-refractivity contribution in [2.24, 2.45) is 17.6 Å². The van der Waals surface area contributed by atoms with Gasteiger partial charge in [-0.2, -0.15) is 0 Å². The minimum absolute atomic E-state index is 0.00509. The Labute approximate surface area is 91.5 Å². The third kappa shape index (κ3) is 1.17. The lowest BCUT2D eigenvalue weighted by atomic mass is 9.89. The number of hydrogen-bond donors (Lipinski definition) is 2. The summed E-state index contributed by atoms with van der Waals surface area (Å²) in [6, 6.07) is 0. The Hall–Kier alpha value is -1.26. The molecule has 3 atom stereocenters. The van der Waals surface area contributed by atoms with Crippen molar-refractivity contribution in [2.45, 2.75) is 25.4 Å².